The average molecular weight is 306 g/mol. The van der Waals surface area contributed by atoms with Crippen LogP contribution in [0.3, 0.4) is 0 Å². The molecule has 1 aliphatic rings. The molecule has 1 aromatic rings. The van der Waals surface area contributed by atoms with Crippen molar-refractivity contribution in [3.63, 3.8) is 0 Å². The highest BCUT2D eigenvalue weighted by molar-refractivity contribution is 5.83. The van der Waals surface area contributed by atoms with Crippen LogP contribution in [0.4, 0.5) is 5.69 Å². The Balaban J connectivity index is 2.03. The molecule has 2 atom stereocenters. The van der Waals surface area contributed by atoms with E-state index in [1.54, 1.807) is 17.0 Å². The van der Waals surface area contributed by atoms with Crippen LogP contribution in [-0.2, 0) is 4.79 Å². The second kappa shape index (κ2) is 6.85. The van der Waals surface area contributed by atoms with Gasteiger partial charge in [0.25, 0.3) is 5.69 Å². The van der Waals surface area contributed by atoms with Crippen LogP contribution in [0, 0.1) is 10.1 Å². The number of hydrogen-bond donors (Lipinski definition) is 1. The first-order valence-electron chi connectivity index (χ1n) is 7.37. The van der Waals surface area contributed by atoms with Gasteiger partial charge in [0.05, 0.1) is 11.0 Å². The molecule has 0 aliphatic carbocycles. The van der Waals surface area contributed by atoms with E-state index >= 15 is 0 Å². The Morgan fingerprint density at radius 1 is 1.23 bits per heavy atom. The summed E-state index contributed by atoms with van der Waals surface area (Å²) in [4.78, 5) is 26.7. The van der Waals surface area contributed by atoms with Crippen LogP contribution in [-0.4, -0.2) is 59.9 Å². The highest BCUT2D eigenvalue weighted by atomic mass is 16.6. The van der Waals surface area contributed by atoms with Gasteiger partial charge in [-0.25, -0.2) is 0 Å². The Labute approximate surface area is 129 Å². The van der Waals surface area contributed by atoms with Crippen LogP contribution in [0.2, 0.25) is 0 Å². The molecule has 1 amide bonds. The normalized spacial score (nSPS) is 18.8. The molecule has 0 bridgehead atoms. The molecule has 22 heavy (non-hydrogen) atoms. The summed E-state index contributed by atoms with van der Waals surface area (Å²) in [6, 6.07) is 5.59. The summed E-state index contributed by atoms with van der Waals surface area (Å²) < 4.78 is 0. The number of amides is 1. The topological polar surface area (TPSA) is 92.7 Å². The van der Waals surface area contributed by atoms with E-state index < -0.39 is 11.0 Å². The van der Waals surface area contributed by atoms with Crippen molar-refractivity contribution in [3.8, 4) is 0 Å². The first kappa shape index (κ1) is 16.4. The molecule has 7 heteroatoms. The van der Waals surface area contributed by atoms with Gasteiger partial charge >= 0.3 is 0 Å². The van der Waals surface area contributed by atoms with Crippen molar-refractivity contribution in [3.05, 3.63) is 39.9 Å². The third kappa shape index (κ3) is 3.61. The standard InChI is InChI=1S/C15H22N4O3/c1-11(12-3-5-13(6-4-12)19(21)22)14(16)15(20)18-9-7-17(2)8-10-18/h3-6,11,14H,7-10,16H2,1-2H3/t11-,14+/m0/s1. The number of likely N-dealkylation sites (N-methyl/N-ethyl adjacent to an activating group) is 1. The zero-order valence-electron chi connectivity index (χ0n) is 12.9. The average Bonchev–Trinajstić information content (AvgIpc) is 2.53. The van der Waals surface area contributed by atoms with Crippen LogP contribution in [0.1, 0.15) is 18.4 Å². The summed E-state index contributed by atoms with van der Waals surface area (Å²) in [5.74, 6) is -0.244. The smallest absolute Gasteiger partial charge is 0.269 e. The number of carbonyl (C=O) groups excluding carboxylic acids is 1. The number of hydrogen-bond acceptors (Lipinski definition) is 5. The molecule has 1 heterocycles. The molecule has 120 valence electrons. The minimum Gasteiger partial charge on any atom is -0.339 e. The van der Waals surface area contributed by atoms with Crippen LogP contribution in [0.15, 0.2) is 24.3 Å². The number of benzene rings is 1. The van der Waals surface area contributed by atoms with E-state index in [9.17, 15) is 14.9 Å². The van der Waals surface area contributed by atoms with Crippen molar-refractivity contribution in [2.24, 2.45) is 5.73 Å². The molecular weight excluding hydrogens is 284 g/mol. The SMILES string of the molecule is C[C@@H](c1ccc([N+](=O)[O-])cc1)[C@@H](N)C(=O)N1CCN(C)CC1. The van der Waals surface area contributed by atoms with Gasteiger partial charge in [-0.3, -0.25) is 14.9 Å². The number of rotatable bonds is 4. The first-order valence-corrected chi connectivity index (χ1v) is 7.37. The van der Waals surface area contributed by atoms with E-state index in [4.69, 9.17) is 5.73 Å². The Bertz CT molecular complexity index is 538. The molecule has 0 radical (unpaired) electrons. The Morgan fingerprint density at radius 3 is 2.27 bits per heavy atom. The monoisotopic (exact) mass is 306 g/mol. The molecule has 1 fully saturated rings. The second-order valence-electron chi connectivity index (χ2n) is 5.79. The van der Waals surface area contributed by atoms with Gasteiger partial charge < -0.3 is 15.5 Å². The van der Waals surface area contributed by atoms with Gasteiger partial charge in [-0.05, 0) is 12.6 Å². The number of nitro benzene ring substituents is 1. The molecule has 1 saturated heterocycles. The van der Waals surface area contributed by atoms with E-state index in [-0.39, 0.29) is 17.5 Å². The lowest BCUT2D eigenvalue weighted by molar-refractivity contribution is -0.384. The number of nitrogens with two attached hydrogens (primary N) is 1. The molecule has 2 N–H and O–H groups in total. The molecule has 0 aromatic heterocycles. The van der Waals surface area contributed by atoms with Gasteiger partial charge in [-0.2, -0.15) is 0 Å². The lowest BCUT2D eigenvalue weighted by Gasteiger charge is -2.35. The molecule has 0 unspecified atom stereocenters. The maximum atomic E-state index is 12.5. The van der Waals surface area contributed by atoms with Crippen molar-refractivity contribution in [1.82, 2.24) is 9.80 Å². The molecule has 1 aromatic carbocycles. The van der Waals surface area contributed by atoms with Gasteiger partial charge in [-0.1, -0.05) is 19.1 Å². The Morgan fingerprint density at radius 2 is 1.77 bits per heavy atom. The van der Waals surface area contributed by atoms with Gasteiger partial charge in [0.2, 0.25) is 5.91 Å². The molecule has 0 saturated carbocycles. The predicted octanol–water partition coefficient (Wildman–Crippen LogP) is 0.800. The molecular formula is C15H22N4O3. The summed E-state index contributed by atoms with van der Waals surface area (Å²) >= 11 is 0. The fourth-order valence-electron chi connectivity index (χ4n) is 2.56. The van der Waals surface area contributed by atoms with Crippen molar-refractivity contribution >= 4 is 11.6 Å². The first-order chi connectivity index (χ1) is 10.4. The summed E-state index contributed by atoms with van der Waals surface area (Å²) in [5, 5.41) is 10.7. The van der Waals surface area contributed by atoms with Gasteiger partial charge in [0.1, 0.15) is 0 Å². The maximum absolute atomic E-state index is 12.5. The third-order valence-electron chi connectivity index (χ3n) is 4.27. The molecule has 1 aliphatic heterocycles. The van der Waals surface area contributed by atoms with Crippen LogP contribution in [0.5, 0.6) is 0 Å². The fourth-order valence-corrected chi connectivity index (χ4v) is 2.56. The van der Waals surface area contributed by atoms with Crippen LogP contribution < -0.4 is 5.73 Å². The van der Waals surface area contributed by atoms with Gasteiger partial charge in [0.15, 0.2) is 0 Å². The van der Waals surface area contributed by atoms with Crippen LogP contribution in [0.25, 0.3) is 0 Å². The van der Waals surface area contributed by atoms with E-state index in [1.807, 2.05) is 14.0 Å². The zero-order chi connectivity index (χ0) is 16.3. The minimum absolute atomic E-state index is 0.0370. The van der Waals surface area contributed by atoms with Crippen LogP contribution >= 0.6 is 0 Å². The number of non-ortho nitro benzene ring substituents is 1. The Kier molecular flexibility index (Phi) is 5.10. The number of nitro groups is 1. The lowest BCUT2D eigenvalue weighted by Crippen LogP contribution is -2.53. The number of nitrogens with zero attached hydrogens (tertiary/aromatic N) is 3. The van der Waals surface area contributed by atoms with E-state index in [2.05, 4.69) is 4.90 Å². The number of piperazine rings is 1. The highest BCUT2D eigenvalue weighted by Gasteiger charge is 2.28. The van der Waals surface area contributed by atoms with Gasteiger partial charge in [-0.15, -0.1) is 0 Å². The largest absolute Gasteiger partial charge is 0.339 e. The summed E-state index contributed by atoms with van der Waals surface area (Å²) in [7, 11) is 2.03. The Hall–Kier alpha value is -1.99. The fraction of sp³-hybridized carbons (Fsp3) is 0.533. The van der Waals surface area contributed by atoms with E-state index in [0.29, 0.717) is 13.1 Å². The number of carbonyl (C=O) groups is 1. The second-order valence-corrected chi connectivity index (χ2v) is 5.79. The van der Waals surface area contributed by atoms with Crippen molar-refractivity contribution in [2.45, 2.75) is 18.9 Å². The summed E-state index contributed by atoms with van der Waals surface area (Å²) in [6.07, 6.45) is 0. The van der Waals surface area contributed by atoms with E-state index in [1.165, 1.54) is 12.1 Å². The molecule has 0 spiro atoms. The van der Waals surface area contributed by atoms with Gasteiger partial charge in [0, 0.05) is 44.2 Å². The minimum atomic E-state index is -0.634. The van der Waals surface area contributed by atoms with Crippen molar-refractivity contribution in [1.29, 1.82) is 0 Å². The van der Waals surface area contributed by atoms with E-state index in [0.717, 1.165) is 18.7 Å². The highest BCUT2D eigenvalue weighted by Crippen LogP contribution is 2.22. The maximum Gasteiger partial charge on any atom is 0.269 e. The molecule has 2 rings (SSSR count). The molecule has 7 nitrogen and oxygen atoms in total. The summed E-state index contributed by atoms with van der Waals surface area (Å²) in [5.41, 5.74) is 6.99. The zero-order valence-corrected chi connectivity index (χ0v) is 12.9. The summed E-state index contributed by atoms with van der Waals surface area (Å²) in [6.45, 7) is 4.96. The van der Waals surface area contributed by atoms with Crippen molar-refractivity contribution < 1.29 is 9.72 Å². The lowest BCUT2D eigenvalue weighted by atomic mass is 9.92. The quantitative estimate of drug-likeness (QED) is 0.656. The third-order valence-corrected chi connectivity index (χ3v) is 4.27. The van der Waals surface area contributed by atoms with Crippen molar-refractivity contribution in [2.75, 3.05) is 33.2 Å². The predicted molar refractivity (Wildman–Crippen MR) is 83.6 cm³/mol.